The molecule has 11 nitrogen and oxygen atoms in total. The van der Waals surface area contributed by atoms with E-state index in [9.17, 15) is 14.4 Å². The van der Waals surface area contributed by atoms with Crippen molar-refractivity contribution in [3.63, 3.8) is 0 Å². The number of likely N-dealkylation sites (tertiary alicyclic amines) is 1. The molecule has 0 aliphatic carbocycles. The fraction of sp³-hybridized carbons (Fsp3) is 0.325. The van der Waals surface area contributed by atoms with Crippen molar-refractivity contribution in [1.29, 1.82) is 0 Å². The van der Waals surface area contributed by atoms with Gasteiger partial charge in [-0.3, -0.25) is 18.8 Å². The van der Waals surface area contributed by atoms with Crippen molar-refractivity contribution in [3.8, 4) is 39.4 Å². The molecular formula is C40H41Cl2N7O4. The van der Waals surface area contributed by atoms with Crippen LogP contribution in [0.25, 0.3) is 39.2 Å². The van der Waals surface area contributed by atoms with Gasteiger partial charge in [0.05, 0.1) is 28.4 Å². The third-order valence-electron chi connectivity index (χ3n) is 10.1. The summed E-state index contributed by atoms with van der Waals surface area (Å²) in [6.45, 7) is 4.65. The minimum Gasteiger partial charge on any atom is -0.481 e. The molecule has 1 atom stereocenters. The Morgan fingerprint density at radius 1 is 0.925 bits per heavy atom. The van der Waals surface area contributed by atoms with Gasteiger partial charge in [0.15, 0.2) is 0 Å². The van der Waals surface area contributed by atoms with Gasteiger partial charge in [0.1, 0.15) is 5.65 Å². The molecule has 0 spiro atoms. The van der Waals surface area contributed by atoms with Crippen molar-refractivity contribution in [2.24, 2.45) is 0 Å². The van der Waals surface area contributed by atoms with Crippen LogP contribution in [0.3, 0.4) is 0 Å². The molecule has 2 aliphatic heterocycles. The highest BCUT2D eigenvalue weighted by Gasteiger charge is 2.22. The summed E-state index contributed by atoms with van der Waals surface area (Å²) in [5.74, 6) is 0.683. The number of halogens is 2. The third kappa shape index (κ3) is 7.94. The molecule has 0 radical (unpaired) electrons. The Bertz CT molecular complexity index is 2240. The van der Waals surface area contributed by atoms with E-state index in [4.69, 9.17) is 32.9 Å². The summed E-state index contributed by atoms with van der Waals surface area (Å²) < 4.78 is 7.20. The van der Waals surface area contributed by atoms with Crippen molar-refractivity contribution in [3.05, 3.63) is 105 Å². The molecule has 5 heterocycles. The summed E-state index contributed by atoms with van der Waals surface area (Å²) in [5, 5.41) is 10.8. The highest BCUT2D eigenvalue weighted by atomic mass is 35.5. The van der Waals surface area contributed by atoms with Crippen LogP contribution in [0.1, 0.15) is 43.7 Å². The monoisotopic (exact) mass is 753 g/mol. The van der Waals surface area contributed by atoms with Crippen LogP contribution >= 0.6 is 23.2 Å². The number of hydrogen-bond acceptors (Lipinski definition) is 8. The van der Waals surface area contributed by atoms with Crippen LogP contribution in [0.15, 0.2) is 77.9 Å². The molecule has 1 unspecified atom stereocenters. The molecule has 5 aromatic rings. The van der Waals surface area contributed by atoms with Crippen molar-refractivity contribution >= 4 is 40.7 Å². The van der Waals surface area contributed by atoms with E-state index < -0.39 is 0 Å². The second-order valence-electron chi connectivity index (χ2n) is 13.5. The molecule has 2 amide bonds. The van der Waals surface area contributed by atoms with Crippen LogP contribution in [0.4, 0.5) is 0 Å². The Labute approximate surface area is 317 Å². The van der Waals surface area contributed by atoms with Gasteiger partial charge in [-0.15, -0.1) is 0 Å². The van der Waals surface area contributed by atoms with Crippen LogP contribution in [-0.2, 0) is 22.7 Å². The zero-order valence-corrected chi connectivity index (χ0v) is 31.1. The summed E-state index contributed by atoms with van der Waals surface area (Å²) >= 11 is 14.2. The van der Waals surface area contributed by atoms with Crippen LogP contribution < -0.4 is 26.2 Å². The summed E-state index contributed by atoms with van der Waals surface area (Å²) in [6.07, 6.45) is 6.45. The quantitative estimate of drug-likeness (QED) is 0.153. The van der Waals surface area contributed by atoms with Gasteiger partial charge in [-0.1, -0.05) is 65.7 Å². The predicted molar refractivity (Wildman–Crippen MR) is 207 cm³/mol. The Balaban J connectivity index is 1.09. The first kappa shape index (κ1) is 36.5. The number of hydrogen-bond donors (Lipinski definition) is 3. The number of pyridine rings is 2. The summed E-state index contributed by atoms with van der Waals surface area (Å²) in [7, 11) is 1.59. The Morgan fingerprint density at radius 3 is 2.34 bits per heavy atom. The maximum atomic E-state index is 13.4. The maximum absolute atomic E-state index is 13.4. The van der Waals surface area contributed by atoms with Crippen molar-refractivity contribution in [1.82, 2.24) is 35.2 Å². The molecule has 2 saturated heterocycles. The van der Waals surface area contributed by atoms with Gasteiger partial charge in [0.2, 0.25) is 17.7 Å². The lowest BCUT2D eigenvalue weighted by Crippen LogP contribution is -2.44. The number of carbonyl (C=O) groups excluding carboxylic acids is 2. The number of aromatic nitrogens is 3. The smallest absolute Gasteiger partial charge is 0.262 e. The number of nitrogens with zero attached hydrogens (tertiary/aromatic N) is 4. The number of methoxy groups -OCH3 is 1. The molecular weight excluding hydrogens is 713 g/mol. The van der Waals surface area contributed by atoms with Gasteiger partial charge in [-0.05, 0) is 43.0 Å². The summed E-state index contributed by atoms with van der Waals surface area (Å²) in [6, 6.07) is 19.5. The number of carbonyl (C=O) groups is 2. The van der Waals surface area contributed by atoms with Crippen LogP contribution in [0, 0.1) is 0 Å². The lowest BCUT2D eigenvalue weighted by Gasteiger charge is -2.31. The average molecular weight is 755 g/mol. The second kappa shape index (κ2) is 16.1. The molecule has 3 N–H and O–H groups in total. The van der Waals surface area contributed by atoms with Crippen LogP contribution in [-0.4, -0.2) is 69.9 Å². The predicted octanol–water partition coefficient (Wildman–Crippen LogP) is 5.87. The minimum absolute atomic E-state index is 0.0930. The molecule has 3 aromatic heterocycles. The van der Waals surface area contributed by atoms with E-state index in [1.165, 1.54) is 0 Å². The fourth-order valence-electron chi connectivity index (χ4n) is 7.10. The van der Waals surface area contributed by atoms with Gasteiger partial charge in [0.25, 0.3) is 5.56 Å². The zero-order valence-electron chi connectivity index (χ0n) is 29.6. The van der Waals surface area contributed by atoms with Gasteiger partial charge in [0, 0.05) is 98.4 Å². The third-order valence-corrected chi connectivity index (χ3v) is 10.9. The highest BCUT2D eigenvalue weighted by Crippen LogP contribution is 2.42. The zero-order chi connectivity index (χ0) is 37.1. The van der Waals surface area contributed by atoms with E-state index in [2.05, 4.69) is 20.9 Å². The SMILES string of the molecule is COc1nc(-c2cccc(-c3cccc(-c4ccn5c(=O)c(CNC6CCN(C(C)=O)CC6)cnc5c4)c3Cl)c2Cl)ccc1CNCC1CCC(=O)N1. The normalized spacial score (nSPS) is 16.3. The standard InChI is InChI=1S/C40H41Cl2N7O4/c1-24(50)48-16-14-28(15-17-48)44-21-27-22-45-35-19-25(13-18-49(35)40(27)52)30-5-3-6-31(37(30)41)32-7-4-8-33(38(32)42)34-11-9-26(39(47-34)53-2)20-43-23-29-10-12-36(51)46-29/h3-9,11,13,18-19,22,28-29,43-44H,10,12,14-17,20-21,23H2,1-2H3,(H,46,51). The van der Waals surface area contributed by atoms with E-state index in [1.807, 2.05) is 65.6 Å². The molecule has 0 saturated carbocycles. The van der Waals surface area contributed by atoms with Gasteiger partial charge >= 0.3 is 0 Å². The van der Waals surface area contributed by atoms with E-state index >= 15 is 0 Å². The number of rotatable bonds is 11. The second-order valence-corrected chi connectivity index (χ2v) is 14.3. The molecule has 2 aliphatic rings. The topological polar surface area (TPSA) is 130 Å². The average Bonchev–Trinajstić information content (AvgIpc) is 3.59. The van der Waals surface area contributed by atoms with Crippen LogP contribution in [0.2, 0.25) is 10.0 Å². The molecule has 7 rings (SSSR count). The largest absolute Gasteiger partial charge is 0.481 e. The first-order valence-electron chi connectivity index (χ1n) is 17.8. The molecule has 13 heteroatoms. The molecule has 2 fully saturated rings. The maximum Gasteiger partial charge on any atom is 0.262 e. The lowest BCUT2D eigenvalue weighted by molar-refractivity contribution is -0.130. The molecule has 0 bridgehead atoms. The number of ether oxygens (including phenoxy) is 1. The van der Waals surface area contributed by atoms with Gasteiger partial charge < -0.3 is 25.6 Å². The number of amides is 2. The van der Waals surface area contributed by atoms with Crippen LogP contribution in [0.5, 0.6) is 5.88 Å². The molecule has 53 heavy (non-hydrogen) atoms. The Kier molecular flexibility index (Phi) is 11.1. The first-order chi connectivity index (χ1) is 25.7. The summed E-state index contributed by atoms with van der Waals surface area (Å²) in [4.78, 5) is 47.9. The highest BCUT2D eigenvalue weighted by molar-refractivity contribution is 6.39. The van der Waals surface area contributed by atoms with E-state index in [0.29, 0.717) is 58.9 Å². The number of nitrogens with one attached hydrogen (secondary N) is 3. The first-order valence-corrected chi connectivity index (χ1v) is 18.6. The number of piperidine rings is 1. The van der Waals surface area contributed by atoms with Gasteiger partial charge in [-0.2, -0.15) is 0 Å². The number of benzene rings is 2. The molecule has 274 valence electrons. The van der Waals surface area contributed by atoms with Crippen molar-refractivity contribution < 1.29 is 14.3 Å². The Hall–Kier alpha value is -4.81. The van der Waals surface area contributed by atoms with Crippen molar-refractivity contribution in [2.45, 2.75) is 57.8 Å². The fourth-order valence-corrected chi connectivity index (χ4v) is 7.76. The van der Waals surface area contributed by atoms with E-state index in [-0.39, 0.29) is 29.5 Å². The Morgan fingerprint density at radius 2 is 1.64 bits per heavy atom. The lowest BCUT2D eigenvalue weighted by atomic mass is 9.97. The number of fused-ring (bicyclic) bond motifs is 1. The van der Waals surface area contributed by atoms with Crippen molar-refractivity contribution in [2.75, 3.05) is 26.7 Å². The summed E-state index contributed by atoms with van der Waals surface area (Å²) in [5.41, 5.74) is 6.33. The van der Waals surface area contributed by atoms with Gasteiger partial charge in [-0.25, -0.2) is 9.97 Å². The minimum atomic E-state index is -0.132. The van der Waals surface area contributed by atoms with E-state index in [0.717, 1.165) is 65.7 Å². The molecule has 2 aromatic carbocycles. The van der Waals surface area contributed by atoms with E-state index in [1.54, 1.807) is 30.8 Å².